The van der Waals surface area contributed by atoms with Crippen molar-refractivity contribution in [1.29, 1.82) is 0 Å². The molecule has 140 valence electrons. The van der Waals surface area contributed by atoms with Gasteiger partial charge >= 0.3 is 0 Å². The highest BCUT2D eigenvalue weighted by Gasteiger charge is 2.25. The van der Waals surface area contributed by atoms with E-state index in [9.17, 15) is 13.2 Å². The number of ether oxygens (including phenoxy) is 1. The summed E-state index contributed by atoms with van der Waals surface area (Å²) in [5.41, 5.74) is 1.56. The number of methoxy groups -OCH3 is 1. The fraction of sp³-hybridized carbons (Fsp3) is 0.316. The summed E-state index contributed by atoms with van der Waals surface area (Å²) in [5.74, 6) is -0.220. The Morgan fingerprint density at radius 2 is 1.73 bits per heavy atom. The summed E-state index contributed by atoms with van der Waals surface area (Å²) < 4.78 is 32.3. The lowest BCUT2D eigenvalue weighted by Crippen LogP contribution is -2.36. The SMILES string of the molecule is COCCNC(=O)CCN(c1ccc(C)cc1)S(=O)(=O)c1ccccc1. The van der Waals surface area contributed by atoms with E-state index in [-0.39, 0.29) is 23.8 Å². The number of hydrogen-bond acceptors (Lipinski definition) is 4. The molecule has 2 rings (SSSR count). The van der Waals surface area contributed by atoms with Gasteiger partial charge in [0.15, 0.2) is 0 Å². The number of carbonyl (C=O) groups is 1. The van der Waals surface area contributed by atoms with Crippen molar-refractivity contribution in [2.45, 2.75) is 18.2 Å². The number of nitrogens with zero attached hydrogens (tertiary/aromatic N) is 1. The molecular weight excluding hydrogens is 352 g/mol. The van der Waals surface area contributed by atoms with Gasteiger partial charge in [0.2, 0.25) is 5.91 Å². The van der Waals surface area contributed by atoms with Crippen molar-refractivity contribution < 1.29 is 17.9 Å². The third-order valence-corrected chi connectivity index (χ3v) is 5.67. The number of aryl methyl sites for hydroxylation is 1. The number of nitrogens with one attached hydrogen (secondary N) is 1. The lowest BCUT2D eigenvalue weighted by Gasteiger charge is -2.24. The molecule has 7 heteroatoms. The second-order valence-electron chi connectivity index (χ2n) is 5.82. The largest absolute Gasteiger partial charge is 0.383 e. The molecule has 2 aromatic rings. The second-order valence-corrected chi connectivity index (χ2v) is 7.68. The van der Waals surface area contributed by atoms with Crippen molar-refractivity contribution in [2.24, 2.45) is 0 Å². The van der Waals surface area contributed by atoms with E-state index in [4.69, 9.17) is 4.74 Å². The number of amides is 1. The summed E-state index contributed by atoms with van der Waals surface area (Å²) in [6.07, 6.45) is 0.0592. The van der Waals surface area contributed by atoms with Gasteiger partial charge in [-0.25, -0.2) is 8.42 Å². The first kappa shape index (κ1) is 19.9. The molecule has 0 spiro atoms. The predicted molar refractivity (Wildman–Crippen MR) is 102 cm³/mol. The van der Waals surface area contributed by atoms with E-state index < -0.39 is 10.0 Å². The van der Waals surface area contributed by atoms with Crippen LogP contribution in [0.4, 0.5) is 5.69 Å². The molecule has 0 radical (unpaired) electrons. The van der Waals surface area contributed by atoms with Crippen molar-refractivity contribution in [3.8, 4) is 0 Å². The standard InChI is InChI=1S/C19H24N2O4S/c1-16-8-10-17(11-9-16)21(14-12-19(22)20-13-15-25-2)26(23,24)18-6-4-3-5-7-18/h3-11H,12-15H2,1-2H3,(H,20,22). The van der Waals surface area contributed by atoms with Crippen LogP contribution in [0.2, 0.25) is 0 Å². The number of sulfonamides is 1. The first-order valence-corrected chi connectivity index (χ1v) is 9.79. The fourth-order valence-corrected chi connectivity index (χ4v) is 3.89. The number of carbonyl (C=O) groups excluding carboxylic acids is 1. The van der Waals surface area contributed by atoms with Crippen molar-refractivity contribution in [2.75, 3.05) is 31.1 Å². The van der Waals surface area contributed by atoms with Crippen molar-refractivity contribution >= 4 is 21.6 Å². The van der Waals surface area contributed by atoms with Crippen LogP contribution in [0.3, 0.4) is 0 Å². The molecule has 2 aromatic carbocycles. The highest BCUT2D eigenvalue weighted by Crippen LogP contribution is 2.24. The van der Waals surface area contributed by atoms with Gasteiger partial charge in [-0.3, -0.25) is 9.10 Å². The smallest absolute Gasteiger partial charge is 0.264 e. The summed E-state index contributed by atoms with van der Waals surface area (Å²) in [6, 6.07) is 15.4. The molecule has 1 amide bonds. The third-order valence-electron chi connectivity index (χ3n) is 3.82. The van der Waals surface area contributed by atoms with E-state index in [2.05, 4.69) is 5.32 Å². The number of rotatable bonds is 9. The average molecular weight is 376 g/mol. The molecule has 0 saturated heterocycles. The van der Waals surface area contributed by atoms with Crippen LogP contribution in [-0.2, 0) is 19.6 Å². The van der Waals surface area contributed by atoms with Crippen LogP contribution in [0.15, 0.2) is 59.5 Å². The van der Waals surface area contributed by atoms with Crippen molar-refractivity contribution in [3.05, 3.63) is 60.2 Å². The lowest BCUT2D eigenvalue weighted by molar-refractivity contribution is -0.121. The molecule has 0 aliphatic heterocycles. The maximum Gasteiger partial charge on any atom is 0.264 e. The van der Waals surface area contributed by atoms with Crippen LogP contribution >= 0.6 is 0 Å². The quantitative estimate of drug-likeness (QED) is 0.682. The van der Waals surface area contributed by atoms with E-state index in [1.54, 1.807) is 49.6 Å². The Morgan fingerprint density at radius 3 is 2.35 bits per heavy atom. The number of hydrogen-bond donors (Lipinski definition) is 1. The molecule has 1 N–H and O–H groups in total. The van der Waals surface area contributed by atoms with E-state index in [0.717, 1.165) is 5.56 Å². The summed E-state index contributed by atoms with van der Waals surface area (Å²) in [6.45, 7) is 2.79. The van der Waals surface area contributed by atoms with Crippen molar-refractivity contribution in [3.63, 3.8) is 0 Å². The first-order valence-electron chi connectivity index (χ1n) is 8.35. The van der Waals surface area contributed by atoms with Gasteiger partial charge < -0.3 is 10.1 Å². The molecule has 0 aliphatic carbocycles. The van der Waals surface area contributed by atoms with Gasteiger partial charge in [0.25, 0.3) is 10.0 Å². The van der Waals surface area contributed by atoms with Gasteiger partial charge in [0, 0.05) is 26.6 Å². The summed E-state index contributed by atoms with van der Waals surface area (Å²) >= 11 is 0. The van der Waals surface area contributed by atoms with Crippen LogP contribution < -0.4 is 9.62 Å². The Kier molecular flexibility index (Phi) is 7.17. The molecular formula is C19H24N2O4S. The fourth-order valence-electron chi connectivity index (χ4n) is 2.40. The van der Waals surface area contributed by atoms with Crippen LogP contribution in [0.1, 0.15) is 12.0 Å². The third kappa shape index (κ3) is 5.31. The van der Waals surface area contributed by atoms with E-state index in [1.807, 2.05) is 19.1 Å². The monoisotopic (exact) mass is 376 g/mol. The Labute approximate surface area is 154 Å². The molecule has 0 saturated carbocycles. The Morgan fingerprint density at radius 1 is 1.08 bits per heavy atom. The summed E-state index contributed by atoms with van der Waals surface area (Å²) in [7, 11) is -2.21. The molecule has 0 fully saturated rings. The zero-order valence-electron chi connectivity index (χ0n) is 15.0. The molecule has 0 heterocycles. The minimum atomic E-state index is -3.76. The minimum absolute atomic E-state index is 0.0547. The van der Waals surface area contributed by atoms with Gasteiger partial charge in [0.05, 0.1) is 17.2 Å². The summed E-state index contributed by atoms with van der Waals surface area (Å²) in [5, 5.41) is 2.71. The van der Waals surface area contributed by atoms with Crippen LogP contribution in [0.5, 0.6) is 0 Å². The molecule has 0 aromatic heterocycles. The molecule has 6 nitrogen and oxygen atoms in total. The minimum Gasteiger partial charge on any atom is -0.383 e. The van der Waals surface area contributed by atoms with Gasteiger partial charge in [-0.1, -0.05) is 35.9 Å². The summed E-state index contributed by atoms with van der Waals surface area (Å²) in [4.78, 5) is 12.2. The number of benzene rings is 2. The van der Waals surface area contributed by atoms with E-state index in [0.29, 0.717) is 18.8 Å². The maximum atomic E-state index is 13.1. The van der Waals surface area contributed by atoms with Crippen LogP contribution in [0, 0.1) is 6.92 Å². The molecule has 26 heavy (non-hydrogen) atoms. The zero-order chi connectivity index (χ0) is 19.0. The number of anilines is 1. The van der Waals surface area contributed by atoms with Gasteiger partial charge in [-0.15, -0.1) is 0 Å². The van der Waals surface area contributed by atoms with Crippen molar-refractivity contribution in [1.82, 2.24) is 5.32 Å². The average Bonchev–Trinajstić information content (AvgIpc) is 2.64. The van der Waals surface area contributed by atoms with Gasteiger partial charge in [0.1, 0.15) is 0 Å². The highest BCUT2D eigenvalue weighted by atomic mass is 32.2. The molecule has 0 unspecified atom stereocenters. The first-order chi connectivity index (χ1) is 12.4. The van der Waals surface area contributed by atoms with Gasteiger partial charge in [-0.2, -0.15) is 0 Å². The Bertz CT molecular complexity index is 805. The lowest BCUT2D eigenvalue weighted by atomic mass is 10.2. The Balaban J connectivity index is 2.23. The Hall–Kier alpha value is -2.38. The van der Waals surface area contributed by atoms with Crippen LogP contribution in [0.25, 0.3) is 0 Å². The molecule has 0 bridgehead atoms. The van der Waals surface area contributed by atoms with E-state index in [1.165, 1.54) is 4.31 Å². The zero-order valence-corrected chi connectivity index (χ0v) is 15.8. The topological polar surface area (TPSA) is 75.7 Å². The second kappa shape index (κ2) is 9.35. The highest BCUT2D eigenvalue weighted by molar-refractivity contribution is 7.92. The predicted octanol–water partition coefficient (Wildman–Crippen LogP) is 2.34. The van der Waals surface area contributed by atoms with Gasteiger partial charge in [-0.05, 0) is 31.2 Å². The van der Waals surface area contributed by atoms with Crippen LogP contribution in [-0.4, -0.2) is 41.1 Å². The normalized spacial score (nSPS) is 11.2. The van der Waals surface area contributed by atoms with E-state index >= 15 is 0 Å². The molecule has 0 atom stereocenters. The maximum absolute atomic E-state index is 13.1. The molecule has 0 aliphatic rings.